The van der Waals surface area contributed by atoms with Gasteiger partial charge in [0, 0.05) is 10.0 Å². The first-order chi connectivity index (χ1) is 9.95. The van der Waals surface area contributed by atoms with Crippen LogP contribution in [0.3, 0.4) is 0 Å². The number of carbonyl (C=O) groups is 1. The molecule has 0 saturated heterocycles. The number of amides is 1. The number of nitrogens with two attached hydrogens (primary N) is 1. The lowest BCUT2D eigenvalue weighted by molar-refractivity contribution is -0.115. The molecular formula is C15H12BrClN2OS. The average Bonchev–Trinajstić information content (AvgIpc) is 2.41. The summed E-state index contributed by atoms with van der Waals surface area (Å²) in [6.45, 7) is 0. The van der Waals surface area contributed by atoms with Crippen molar-refractivity contribution in [2.75, 3.05) is 5.32 Å². The molecule has 2 aromatic rings. The molecule has 0 aromatic heterocycles. The van der Waals surface area contributed by atoms with Crippen LogP contribution in [0.2, 0.25) is 5.02 Å². The number of halogens is 2. The molecule has 0 radical (unpaired) electrons. The van der Waals surface area contributed by atoms with E-state index in [9.17, 15) is 4.79 Å². The third kappa shape index (κ3) is 4.52. The minimum Gasteiger partial charge on any atom is -0.389 e. The van der Waals surface area contributed by atoms with Crippen molar-refractivity contribution in [1.29, 1.82) is 0 Å². The third-order valence-electron chi connectivity index (χ3n) is 2.78. The maximum atomic E-state index is 12.1. The summed E-state index contributed by atoms with van der Waals surface area (Å²) in [7, 11) is 0. The van der Waals surface area contributed by atoms with Gasteiger partial charge in [-0.05, 0) is 29.8 Å². The molecule has 0 atom stereocenters. The highest BCUT2D eigenvalue weighted by Crippen LogP contribution is 2.23. The summed E-state index contributed by atoms with van der Waals surface area (Å²) in [6.07, 6.45) is 0.257. The van der Waals surface area contributed by atoms with Gasteiger partial charge >= 0.3 is 0 Å². The average molecular weight is 384 g/mol. The molecule has 0 aliphatic carbocycles. The summed E-state index contributed by atoms with van der Waals surface area (Å²) in [4.78, 5) is 12.3. The molecule has 0 aliphatic rings. The number of thiocarbonyl (C=S) groups is 1. The first kappa shape index (κ1) is 15.9. The highest BCUT2D eigenvalue weighted by Gasteiger charge is 2.09. The fourth-order valence-corrected chi connectivity index (χ4v) is 2.54. The molecule has 21 heavy (non-hydrogen) atoms. The van der Waals surface area contributed by atoms with Gasteiger partial charge in [-0.2, -0.15) is 0 Å². The van der Waals surface area contributed by atoms with Crippen LogP contribution in [0.25, 0.3) is 0 Å². The predicted octanol–water partition coefficient (Wildman–Crippen LogP) is 3.92. The van der Waals surface area contributed by atoms with Crippen molar-refractivity contribution in [2.24, 2.45) is 5.73 Å². The standard InChI is InChI=1S/C15H12BrClN2OS/c16-11-3-1-2-9(6-11)7-14(20)19-13-8-10(15(18)21)4-5-12(13)17/h1-6,8H,7H2,(H2,18,21)(H,19,20). The van der Waals surface area contributed by atoms with E-state index in [4.69, 9.17) is 29.6 Å². The molecule has 0 unspecified atom stereocenters. The first-order valence-electron chi connectivity index (χ1n) is 6.09. The van der Waals surface area contributed by atoms with Crippen molar-refractivity contribution < 1.29 is 4.79 Å². The monoisotopic (exact) mass is 382 g/mol. The second-order valence-electron chi connectivity index (χ2n) is 4.41. The van der Waals surface area contributed by atoms with E-state index in [-0.39, 0.29) is 17.3 Å². The molecule has 2 aromatic carbocycles. The Kier molecular flexibility index (Phi) is 5.33. The minimum absolute atomic E-state index is 0.157. The molecule has 2 rings (SSSR count). The Balaban J connectivity index is 2.12. The zero-order valence-corrected chi connectivity index (χ0v) is 14.1. The van der Waals surface area contributed by atoms with Crippen molar-refractivity contribution in [3.05, 3.63) is 63.1 Å². The van der Waals surface area contributed by atoms with Gasteiger partial charge in [-0.3, -0.25) is 4.79 Å². The summed E-state index contributed by atoms with van der Waals surface area (Å²) in [6, 6.07) is 12.6. The Labute approximate surface area is 141 Å². The van der Waals surface area contributed by atoms with Crippen molar-refractivity contribution in [2.45, 2.75) is 6.42 Å². The summed E-state index contributed by atoms with van der Waals surface area (Å²) < 4.78 is 0.932. The normalized spacial score (nSPS) is 10.2. The number of nitrogens with one attached hydrogen (secondary N) is 1. The van der Waals surface area contributed by atoms with Gasteiger partial charge in [0.05, 0.1) is 17.1 Å². The van der Waals surface area contributed by atoms with E-state index in [1.807, 2.05) is 24.3 Å². The highest BCUT2D eigenvalue weighted by molar-refractivity contribution is 9.10. The highest BCUT2D eigenvalue weighted by atomic mass is 79.9. The van der Waals surface area contributed by atoms with Gasteiger partial charge in [-0.25, -0.2) is 0 Å². The van der Waals surface area contributed by atoms with Crippen molar-refractivity contribution in [3.8, 4) is 0 Å². The van der Waals surface area contributed by atoms with Crippen LogP contribution in [0.1, 0.15) is 11.1 Å². The van der Waals surface area contributed by atoms with E-state index < -0.39 is 0 Å². The molecule has 0 aliphatic heterocycles. The van der Waals surface area contributed by atoms with Crippen LogP contribution in [0.15, 0.2) is 46.9 Å². The van der Waals surface area contributed by atoms with E-state index >= 15 is 0 Å². The van der Waals surface area contributed by atoms with E-state index in [2.05, 4.69) is 21.2 Å². The van der Waals surface area contributed by atoms with Crippen LogP contribution in [0.5, 0.6) is 0 Å². The fraction of sp³-hybridized carbons (Fsp3) is 0.0667. The van der Waals surface area contributed by atoms with Gasteiger partial charge < -0.3 is 11.1 Å². The topological polar surface area (TPSA) is 55.1 Å². The number of rotatable bonds is 4. The Morgan fingerprint density at radius 3 is 2.71 bits per heavy atom. The van der Waals surface area contributed by atoms with Crippen molar-refractivity contribution in [1.82, 2.24) is 0 Å². The molecular weight excluding hydrogens is 372 g/mol. The SMILES string of the molecule is NC(=S)c1ccc(Cl)c(NC(=O)Cc2cccc(Br)c2)c1. The van der Waals surface area contributed by atoms with Crippen molar-refractivity contribution >= 4 is 56.3 Å². The minimum atomic E-state index is -0.157. The van der Waals surface area contributed by atoms with E-state index in [0.29, 0.717) is 16.3 Å². The van der Waals surface area contributed by atoms with E-state index in [1.54, 1.807) is 18.2 Å². The summed E-state index contributed by atoms with van der Waals surface area (Å²) in [5.74, 6) is -0.157. The molecule has 1 amide bonds. The Hall–Kier alpha value is -1.43. The zero-order chi connectivity index (χ0) is 15.4. The number of hydrogen-bond acceptors (Lipinski definition) is 2. The van der Waals surface area contributed by atoms with Gasteiger partial charge in [0.25, 0.3) is 0 Å². The first-order valence-corrected chi connectivity index (χ1v) is 7.67. The summed E-state index contributed by atoms with van der Waals surface area (Å²) >= 11 is 14.4. The molecule has 0 bridgehead atoms. The predicted molar refractivity (Wildman–Crippen MR) is 93.8 cm³/mol. The lowest BCUT2D eigenvalue weighted by atomic mass is 10.1. The quantitative estimate of drug-likeness (QED) is 0.787. The molecule has 3 nitrogen and oxygen atoms in total. The van der Waals surface area contributed by atoms with Crippen LogP contribution >= 0.6 is 39.7 Å². The lowest BCUT2D eigenvalue weighted by Gasteiger charge is -2.09. The molecule has 0 fully saturated rings. The summed E-state index contributed by atoms with van der Waals surface area (Å²) in [5.41, 5.74) is 7.64. The maximum absolute atomic E-state index is 12.1. The second-order valence-corrected chi connectivity index (χ2v) is 6.18. The summed E-state index contributed by atoms with van der Waals surface area (Å²) in [5, 5.41) is 3.21. The molecule has 0 spiro atoms. The van der Waals surface area contributed by atoms with Crippen LogP contribution in [0, 0.1) is 0 Å². The maximum Gasteiger partial charge on any atom is 0.228 e. The second kappa shape index (κ2) is 7.02. The van der Waals surface area contributed by atoms with Gasteiger partial charge in [0.1, 0.15) is 4.99 Å². The van der Waals surface area contributed by atoms with E-state index in [1.165, 1.54) is 0 Å². The smallest absolute Gasteiger partial charge is 0.228 e. The molecule has 0 heterocycles. The van der Waals surface area contributed by atoms with E-state index in [0.717, 1.165) is 10.0 Å². The zero-order valence-electron chi connectivity index (χ0n) is 10.9. The number of anilines is 1. The Morgan fingerprint density at radius 1 is 1.29 bits per heavy atom. The Morgan fingerprint density at radius 2 is 2.05 bits per heavy atom. The molecule has 108 valence electrons. The molecule has 3 N–H and O–H groups in total. The number of hydrogen-bond donors (Lipinski definition) is 2. The van der Waals surface area contributed by atoms with Gasteiger partial charge in [-0.15, -0.1) is 0 Å². The van der Waals surface area contributed by atoms with Crippen LogP contribution in [-0.2, 0) is 11.2 Å². The van der Waals surface area contributed by atoms with Gasteiger partial charge in [-0.1, -0.05) is 57.9 Å². The van der Waals surface area contributed by atoms with Gasteiger partial charge in [0.2, 0.25) is 5.91 Å². The number of benzene rings is 2. The van der Waals surface area contributed by atoms with Crippen LogP contribution in [-0.4, -0.2) is 10.9 Å². The van der Waals surface area contributed by atoms with Crippen molar-refractivity contribution in [3.63, 3.8) is 0 Å². The van der Waals surface area contributed by atoms with Crippen LogP contribution < -0.4 is 11.1 Å². The largest absolute Gasteiger partial charge is 0.389 e. The third-order valence-corrected chi connectivity index (χ3v) is 3.84. The molecule has 6 heteroatoms. The van der Waals surface area contributed by atoms with Crippen LogP contribution in [0.4, 0.5) is 5.69 Å². The number of carbonyl (C=O) groups excluding carboxylic acids is 1. The fourth-order valence-electron chi connectivity index (χ4n) is 1.80. The Bertz CT molecular complexity index is 706. The molecule has 0 saturated carbocycles. The lowest BCUT2D eigenvalue weighted by Crippen LogP contribution is -2.16. The van der Waals surface area contributed by atoms with Gasteiger partial charge in [0.15, 0.2) is 0 Å².